The molecule has 0 saturated heterocycles. The summed E-state index contributed by atoms with van der Waals surface area (Å²) in [6.45, 7) is 6.34. The number of nitrogens with zero attached hydrogens (tertiary/aromatic N) is 1. The van der Waals surface area contributed by atoms with Crippen molar-refractivity contribution >= 4 is 5.97 Å². The van der Waals surface area contributed by atoms with Crippen molar-refractivity contribution in [3.63, 3.8) is 0 Å². The number of hydrogen-bond donors (Lipinski definition) is 1. The van der Waals surface area contributed by atoms with Crippen LogP contribution in [0.1, 0.15) is 39.5 Å². The van der Waals surface area contributed by atoms with E-state index in [1.54, 1.807) is 7.11 Å². The summed E-state index contributed by atoms with van der Waals surface area (Å²) in [5.41, 5.74) is 5.55. The summed E-state index contributed by atoms with van der Waals surface area (Å²) in [7, 11) is 3.12. The van der Waals surface area contributed by atoms with E-state index < -0.39 is 5.54 Å². The first-order valence-corrected chi connectivity index (χ1v) is 7.63. The van der Waals surface area contributed by atoms with Gasteiger partial charge < -0.3 is 15.2 Å². The summed E-state index contributed by atoms with van der Waals surface area (Å²) in [6.07, 6.45) is 4.13. The van der Waals surface area contributed by atoms with Crippen LogP contribution in [0.4, 0.5) is 0 Å². The van der Waals surface area contributed by atoms with Gasteiger partial charge in [-0.1, -0.05) is 13.8 Å². The number of carbonyl (C=O) groups is 1. The third-order valence-corrected chi connectivity index (χ3v) is 4.38. The van der Waals surface area contributed by atoms with Crippen molar-refractivity contribution in [3.05, 3.63) is 0 Å². The van der Waals surface area contributed by atoms with Crippen LogP contribution in [-0.2, 0) is 14.3 Å². The molecule has 1 fully saturated rings. The van der Waals surface area contributed by atoms with E-state index in [0.717, 1.165) is 32.2 Å². The highest BCUT2D eigenvalue weighted by atomic mass is 16.5. The van der Waals surface area contributed by atoms with E-state index in [-0.39, 0.29) is 11.9 Å². The van der Waals surface area contributed by atoms with Crippen molar-refractivity contribution in [3.8, 4) is 0 Å². The van der Waals surface area contributed by atoms with Gasteiger partial charge in [-0.05, 0) is 31.6 Å². The third-order valence-electron chi connectivity index (χ3n) is 4.38. The lowest BCUT2D eigenvalue weighted by Gasteiger charge is -2.37. The summed E-state index contributed by atoms with van der Waals surface area (Å²) in [5, 5.41) is 0. The molecule has 0 spiro atoms. The predicted molar refractivity (Wildman–Crippen MR) is 79.5 cm³/mol. The lowest BCUT2D eigenvalue weighted by atomic mass is 9.92. The van der Waals surface area contributed by atoms with Crippen LogP contribution >= 0.6 is 0 Å². The number of esters is 1. The Kier molecular flexibility index (Phi) is 6.92. The summed E-state index contributed by atoms with van der Waals surface area (Å²) in [5.74, 6) is -0.0252. The maximum absolute atomic E-state index is 12.1. The van der Waals surface area contributed by atoms with E-state index in [4.69, 9.17) is 15.2 Å². The molecular formula is C15H30N2O3. The Morgan fingerprint density at radius 3 is 2.35 bits per heavy atom. The quantitative estimate of drug-likeness (QED) is 0.615. The van der Waals surface area contributed by atoms with Crippen molar-refractivity contribution in [2.75, 3.05) is 33.9 Å². The first kappa shape index (κ1) is 17.4. The Bertz CT molecular complexity index is 303. The Hall–Kier alpha value is -0.650. The van der Waals surface area contributed by atoms with E-state index in [1.807, 2.05) is 0 Å². The molecule has 1 unspecified atom stereocenters. The summed E-state index contributed by atoms with van der Waals surface area (Å²) in [6, 6.07) is 0.427. The number of rotatable bonds is 10. The van der Waals surface area contributed by atoms with Gasteiger partial charge >= 0.3 is 5.97 Å². The van der Waals surface area contributed by atoms with Gasteiger partial charge in [-0.2, -0.15) is 0 Å². The number of nitrogens with two attached hydrogens (primary N) is 1. The van der Waals surface area contributed by atoms with Gasteiger partial charge in [0.05, 0.1) is 13.7 Å². The minimum absolute atomic E-state index is 0.259. The average Bonchev–Trinajstić information content (AvgIpc) is 3.29. The predicted octanol–water partition coefficient (Wildman–Crippen LogP) is 1.40. The smallest absolute Gasteiger partial charge is 0.327 e. The van der Waals surface area contributed by atoms with E-state index >= 15 is 0 Å². The van der Waals surface area contributed by atoms with E-state index in [1.165, 1.54) is 7.11 Å². The number of ether oxygens (including phenoxy) is 2. The van der Waals surface area contributed by atoms with Crippen LogP contribution in [0, 0.1) is 5.92 Å². The molecule has 5 nitrogen and oxygen atoms in total. The maximum Gasteiger partial charge on any atom is 0.327 e. The number of carbonyl (C=O) groups excluding carboxylic acids is 1. The van der Waals surface area contributed by atoms with Crippen molar-refractivity contribution in [1.29, 1.82) is 0 Å². The molecule has 5 heteroatoms. The van der Waals surface area contributed by atoms with Gasteiger partial charge in [0.15, 0.2) is 0 Å². The van der Waals surface area contributed by atoms with Crippen LogP contribution in [0.2, 0.25) is 0 Å². The summed E-state index contributed by atoms with van der Waals surface area (Å²) >= 11 is 0. The molecule has 118 valence electrons. The normalized spacial score (nSPS) is 18.4. The van der Waals surface area contributed by atoms with Gasteiger partial charge in [-0.15, -0.1) is 0 Å². The monoisotopic (exact) mass is 286 g/mol. The van der Waals surface area contributed by atoms with Gasteiger partial charge in [0.2, 0.25) is 0 Å². The van der Waals surface area contributed by atoms with Crippen LogP contribution in [0.3, 0.4) is 0 Å². The molecule has 1 aliphatic carbocycles. The average molecular weight is 286 g/mol. The highest BCUT2D eigenvalue weighted by Crippen LogP contribution is 2.39. The van der Waals surface area contributed by atoms with Gasteiger partial charge in [-0.25, -0.2) is 0 Å². The van der Waals surface area contributed by atoms with Crippen molar-refractivity contribution in [1.82, 2.24) is 4.90 Å². The molecule has 1 atom stereocenters. The highest BCUT2D eigenvalue weighted by Gasteiger charge is 2.50. The molecule has 0 heterocycles. The standard InChI is InChI=1S/C15H30N2O3/c1-5-13(6-2)17(9-10-19-3)11-15(16,12-7-8-12)14(18)20-4/h12-13H,5-11,16H2,1-4H3. The second-order valence-corrected chi connectivity index (χ2v) is 5.74. The molecule has 1 rings (SSSR count). The molecule has 2 N–H and O–H groups in total. The molecule has 0 aliphatic heterocycles. The van der Waals surface area contributed by atoms with Crippen LogP contribution in [0.15, 0.2) is 0 Å². The number of methoxy groups -OCH3 is 2. The molecule has 1 aliphatic rings. The largest absolute Gasteiger partial charge is 0.468 e. The van der Waals surface area contributed by atoms with Gasteiger partial charge in [0.1, 0.15) is 5.54 Å². The fraction of sp³-hybridized carbons (Fsp3) is 0.933. The fourth-order valence-electron chi connectivity index (χ4n) is 2.89. The Labute approximate surface area is 122 Å². The minimum Gasteiger partial charge on any atom is -0.468 e. The van der Waals surface area contributed by atoms with E-state index in [2.05, 4.69) is 18.7 Å². The van der Waals surface area contributed by atoms with Crippen molar-refractivity contribution < 1.29 is 14.3 Å². The van der Waals surface area contributed by atoms with Crippen molar-refractivity contribution in [2.45, 2.75) is 51.1 Å². The van der Waals surface area contributed by atoms with Crippen LogP contribution < -0.4 is 5.73 Å². The Morgan fingerprint density at radius 1 is 1.35 bits per heavy atom. The molecule has 0 aromatic heterocycles. The second kappa shape index (κ2) is 7.96. The Morgan fingerprint density at radius 2 is 1.95 bits per heavy atom. The summed E-state index contributed by atoms with van der Waals surface area (Å²) in [4.78, 5) is 14.4. The molecule has 20 heavy (non-hydrogen) atoms. The topological polar surface area (TPSA) is 64.8 Å². The van der Waals surface area contributed by atoms with Gasteiger partial charge in [-0.3, -0.25) is 9.69 Å². The maximum atomic E-state index is 12.1. The van der Waals surface area contributed by atoms with E-state index in [0.29, 0.717) is 19.2 Å². The molecule has 0 aromatic rings. The van der Waals surface area contributed by atoms with Crippen LogP contribution in [0.5, 0.6) is 0 Å². The SMILES string of the molecule is CCC(CC)N(CCOC)CC(N)(C(=O)OC)C1CC1. The lowest BCUT2D eigenvalue weighted by molar-refractivity contribution is -0.149. The molecular weight excluding hydrogens is 256 g/mol. The first-order valence-electron chi connectivity index (χ1n) is 7.63. The molecule has 0 bridgehead atoms. The fourth-order valence-corrected chi connectivity index (χ4v) is 2.89. The molecule has 1 saturated carbocycles. The lowest BCUT2D eigenvalue weighted by Crippen LogP contribution is -2.60. The van der Waals surface area contributed by atoms with Gasteiger partial charge in [0, 0.05) is 26.2 Å². The number of hydrogen-bond acceptors (Lipinski definition) is 5. The van der Waals surface area contributed by atoms with E-state index in [9.17, 15) is 4.79 Å². The summed E-state index contributed by atoms with van der Waals surface area (Å²) < 4.78 is 10.1. The minimum atomic E-state index is -0.870. The molecule has 0 amide bonds. The zero-order chi connectivity index (χ0) is 15.2. The second-order valence-electron chi connectivity index (χ2n) is 5.74. The van der Waals surface area contributed by atoms with Crippen LogP contribution in [0.25, 0.3) is 0 Å². The van der Waals surface area contributed by atoms with Gasteiger partial charge in [0.25, 0.3) is 0 Å². The first-order chi connectivity index (χ1) is 9.53. The highest BCUT2D eigenvalue weighted by molar-refractivity contribution is 5.81. The van der Waals surface area contributed by atoms with Crippen molar-refractivity contribution in [2.24, 2.45) is 11.7 Å². The molecule has 0 radical (unpaired) electrons. The third kappa shape index (κ3) is 4.17. The Balaban J connectivity index is 2.80. The zero-order valence-corrected chi connectivity index (χ0v) is 13.4. The molecule has 0 aromatic carbocycles. The zero-order valence-electron chi connectivity index (χ0n) is 13.4. The van der Waals surface area contributed by atoms with Crippen LogP contribution in [-0.4, -0.2) is 56.4 Å².